The van der Waals surface area contributed by atoms with Crippen LogP contribution in [-0.4, -0.2) is 17.7 Å². The molecule has 2 bridgehead atoms. The Balaban J connectivity index is 1.67. The van der Waals surface area contributed by atoms with Gasteiger partial charge in [0.2, 0.25) is 0 Å². The van der Waals surface area contributed by atoms with Crippen molar-refractivity contribution < 1.29 is 5.11 Å². The van der Waals surface area contributed by atoms with E-state index in [1.807, 2.05) is 30.3 Å². The lowest BCUT2D eigenvalue weighted by Gasteiger charge is -2.43. The summed E-state index contributed by atoms with van der Waals surface area (Å²) in [6.07, 6.45) is 3.65. The van der Waals surface area contributed by atoms with Crippen LogP contribution in [0, 0.1) is 16.7 Å². The van der Waals surface area contributed by atoms with E-state index in [2.05, 4.69) is 26.1 Å². The molecule has 0 aliphatic heterocycles. The first-order chi connectivity index (χ1) is 9.43. The Kier molecular flexibility index (Phi) is 3.42. The van der Waals surface area contributed by atoms with Crippen molar-refractivity contribution in [2.24, 2.45) is 16.7 Å². The van der Waals surface area contributed by atoms with Gasteiger partial charge in [-0.05, 0) is 41.6 Å². The summed E-state index contributed by atoms with van der Waals surface area (Å²) >= 11 is 0. The minimum Gasteiger partial charge on any atom is -0.387 e. The van der Waals surface area contributed by atoms with E-state index in [0.29, 0.717) is 23.4 Å². The van der Waals surface area contributed by atoms with Gasteiger partial charge in [-0.3, -0.25) is 0 Å². The number of hydrogen-bond acceptors (Lipinski definition) is 2. The van der Waals surface area contributed by atoms with E-state index in [1.165, 1.54) is 19.3 Å². The predicted octanol–water partition coefficient (Wildman–Crippen LogP) is 3.52. The Morgan fingerprint density at radius 3 is 2.55 bits per heavy atom. The second-order valence-electron chi connectivity index (χ2n) is 7.68. The molecule has 2 fully saturated rings. The molecule has 1 aromatic rings. The van der Waals surface area contributed by atoms with Crippen molar-refractivity contribution in [1.82, 2.24) is 5.32 Å². The summed E-state index contributed by atoms with van der Waals surface area (Å²) in [7, 11) is 0. The highest BCUT2D eigenvalue weighted by Gasteiger charge is 2.58. The van der Waals surface area contributed by atoms with Crippen LogP contribution in [0.25, 0.3) is 0 Å². The highest BCUT2D eigenvalue weighted by molar-refractivity contribution is 5.18. The first-order valence-corrected chi connectivity index (χ1v) is 7.90. The Morgan fingerprint density at radius 2 is 1.95 bits per heavy atom. The molecule has 0 saturated heterocycles. The topological polar surface area (TPSA) is 32.3 Å². The number of aliphatic hydroxyl groups excluding tert-OH is 1. The monoisotopic (exact) mass is 273 g/mol. The molecule has 0 heterocycles. The lowest BCUT2D eigenvalue weighted by molar-refractivity contribution is 0.0879. The summed E-state index contributed by atoms with van der Waals surface area (Å²) in [5, 5.41) is 14.0. The second kappa shape index (κ2) is 4.85. The van der Waals surface area contributed by atoms with Gasteiger partial charge >= 0.3 is 0 Å². The number of rotatable bonds is 4. The Hall–Kier alpha value is -0.860. The molecule has 20 heavy (non-hydrogen) atoms. The maximum atomic E-state index is 10.3. The van der Waals surface area contributed by atoms with Gasteiger partial charge in [-0.15, -0.1) is 0 Å². The highest BCUT2D eigenvalue weighted by Crippen LogP contribution is 2.62. The van der Waals surface area contributed by atoms with E-state index in [1.54, 1.807) is 0 Å². The molecule has 0 spiro atoms. The number of fused-ring (bicyclic) bond motifs is 2. The van der Waals surface area contributed by atoms with Crippen LogP contribution in [0.2, 0.25) is 0 Å². The molecule has 110 valence electrons. The van der Waals surface area contributed by atoms with E-state index in [4.69, 9.17) is 0 Å². The van der Waals surface area contributed by atoms with Crippen LogP contribution in [0.3, 0.4) is 0 Å². The molecule has 2 N–H and O–H groups in total. The number of benzene rings is 1. The third kappa shape index (κ3) is 2.19. The number of nitrogens with one attached hydrogen (secondary N) is 1. The predicted molar refractivity (Wildman–Crippen MR) is 82.4 cm³/mol. The maximum absolute atomic E-state index is 10.3. The lowest BCUT2D eigenvalue weighted by Crippen LogP contribution is -2.51. The van der Waals surface area contributed by atoms with Crippen molar-refractivity contribution in [2.45, 2.75) is 52.2 Å². The molecule has 4 atom stereocenters. The zero-order chi connectivity index (χ0) is 14.4. The normalized spacial score (nSPS) is 36.2. The Labute approximate surface area is 122 Å². The zero-order valence-electron chi connectivity index (χ0n) is 12.9. The number of hydrogen-bond donors (Lipinski definition) is 2. The minimum absolute atomic E-state index is 0.351. The standard InChI is InChI=1S/C18H27NO/c1-17(2)14-9-10-18(3,11-14)16(17)19-12-15(20)13-7-5-4-6-8-13/h4-8,14-16,19-20H,9-12H2,1-3H3/t14-,15?,16?,18+/m0/s1. The van der Waals surface area contributed by atoms with Gasteiger partial charge in [-0.2, -0.15) is 0 Å². The molecule has 2 heteroatoms. The molecule has 2 unspecified atom stereocenters. The van der Waals surface area contributed by atoms with Crippen molar-refractivity contribution in [3.8, 4) is 0 Å². The van der Waals surface area contributed by atoms with Crippen molar-refractivity contribution in [1.29, 1.82) is 0 Å². The van der Waals surface area contributed by atoms with Crippen LogP contribution in [0.1, 0.15) is 51.7 Å². The third-order valence-corrected chi connectivity index (χ3v) is 5.97. The van der Waals surface area contributed by atoms with Crippen LogP contribution in [-0.2, 0) is 0 Å². The van der Waals surface area contributed by atoms with Gasteiger partial charge in [0.1, 0.15) is 0 Å². The summed E-state index contributed by atoms with van der Waals surface area (Å²) in [6.45, 7) is 7.87. The Bertz CT molecular complexity index is 465. The molecule has 2 saturated carbocycles. The van der Waals surface area contributed by atoms with Gasteiger partial charge in [0.05, 0.1) is 6.10 Å². The van der Waals surface area contributed by atoms with Gasteiger partial charge in [0, 0.05) is 12.6 Å². The fraction of sp³-hybridized carbons (Fsp3) is 0.667. The van der Waals surface area contributed by atoms with Crippen molar-refractivity contribution in [3.05, 3.63) is 35.9 Å². The molecular weight excluding hydrogens is 246 g/mol. The van der Waals surface area contributed by atoms with Crippen LogP contribution >= 0.6 is 0 Å². The fourth-order valence-electron chi connectivity index (χ4n) is 4.83. The van der Waals surface area contributed by atoms with E-state index in [9.17, 15) is 5.11 Å². The van der Waals surface area contributed by atoms with Crippen molar-refractivity contribution in [2.75, 3.05) is 6.54 Å². The first-order valence-electron chi connectivity index (χ1n) is 7.90. The molecule has 2 aliphatic rings. The van der Waals surface area contributed by atoms with E-state index >= 15 is 0 Å². The fourth-order valence-corrected chi connectivity index (χ4v) is 4.83. The molecule has 2 aliphatic carbocycles. The van der Waals surface area contributed by atoms with Crippen LogP contribution in [0.4, 0.5) is 0 Å². The summed E-state index contributed by atoms with van der Waals surface area (Å²) in [5.74, 6) is 0.846. The lowest BCUT2D eigenvalue weighted by atomic mass is 9.68. The Morgan fingerprint density at radius 1 is 1.25 bits per heavy atom. The molecular formula is C18H27NO. The molecule has 1 aromatic carbocycles. The number of aliphatic hydroxyl groups is 1. The SMILES string of the molecule is CC1(C)C(NCC(O)c2ccccc2)[C@]2(C)CC[C@H]1C2. The van der Waals surface area contributed by atoms with Gasteiger partial charge in [-0.25, -0.2) is 0 Å². The average Bonchev–Trinajstić information content (AvgIpc) is 2.90. The molecule has 0 radical (unpaired) electrons. The van der Waals surface area contributed by atoms with Crippen LogP contribution in [0.5, 0.6) is 0 Å². The van der Waals surface area contributed by atoms with Gasteiger partial charge in [-0.1, -0.05) is 51.1 Å². The summed E-state index contributed by atoms with van der Waals surface area (Å²) in [6, 6.07) is 10.5. The highest BCUT2D eigenvalue weighted by atomic mass is 16.3. The van der Waals surface area contributed by atoms with Crippen molar-refractivity contribution in [3.63, 3.8) is 0 Å². The zero-order valence-corrected chi connectivity index (χ0v) is 12.9. The maximum Gasteiger partial charge on any atom is 0.0914 e. The second-order valence-corrected chi connectivity index (χ2v) is 7.68. The first kappa shape index (κ1) is 14.1. The van der Waals surface area contributed by atoms with E-state index in [0.717, 1.165) is 11.5 Å². The third-order valence-electron chi connectivity index (χ3n) is 5.97. The molecule has 0 aromatic heterocycles. The largest absolute Gasteiger partial charge is 0.387 e. The minimum atomic E-state index is -0.408. The average molecular weight is 273 g/mol. The smallest absolute Gasteiger partial charge is 0.0914 e. The molecule has 0 amide bonds. The summed E-state index contributed by atoms with van der Waals surface area (Å²) in [4.78, 5) is 0. The van der Waals surface area contributed by atoms with Gasteiger partial charge in [0.15, 0.2) is 0 Å². The van der Waals surface area contributed by atoms with E-state index < -0.39 is 6.10 Å². The van der Waals surface area contributed by atoms with Crippen molar-refractivity contribution >= 4 is 0 Å². The molecule has 3 rings (SSSR count). The van der Waals surface area contributed by atoms with Crippen LogP contribution in [0.15, 0.2) is 30.3 Å². The van der Waals surface area contributed by atoms with Gasteiger partial charge in [0.25, 0.3) is 0 Å². The van der Waals surface area contributed by atoms with E-state index in [-0.39, 0.29) is 0 Å². The molecule has 2 nitrogen and oxygen atoms in total. The summed E-state index contributed by atoms with van der Waals surface area (Å²) in [5.41, 5.74) is 1.78. The summed E-state index contributed by atoms with van der Waals surface area (Å²) < 4.78 is 0. The van der Waals surface area contributed by atoms with Crippen LogP contribution < -0.4 is 5.32 Å². The quantitative estimate of drug-likeness (QED) is 0.879. The van der Waals surface area contributed by atoms with Gasteiger partial charge < -0.3 is 10.4 Å².